The van der Waals surface area contributed by atoms with Gasteiger partial charge in [-0.05, 0) is 37.0 Å². The van der Waals surface area contributed by atoms with E-state index < -0.39 is 0 Å². The van der Waals surface area contributed by atoms with Crippen LogP contribution in [-0.2, 0) is 4.74 Å². The molecule has 0 bridgehead atoms. The van der Waals surface area contributed by atoms with Crippen LogP contribution in [0.1, 0.15) is 36.0 Å². The average molecular weight is 249 g/mol. The number of hydrogen-bond acceptors (Lipinski definition) is 4. The zero-order chi connectivity index (χ0) is 13.0. The van der Waals surface area contributed by atoms with Crippen LogP contribution in [0.2, 0.25) is 0 Å². The molecule has 2 N–H and O–H groups in total. The molecule has 1 aliphatic rings. The number of nitrogen functional groups attached to an aromatic ring is 1. The minimum Gasteiger partial charge on any atom is -0.491 e. The lowest BCUT2D eigenvalue weighted by Gasteiger charge is -2.13. The van der Waals surface area contributed by atoms with Gasteiger partial charge in [-0.1, -0.05) is 12.8 Å². The van der Waals surface area contributed by atoms with Crippen molar-refractivity contribution >= 4 is 11.7 Å². The predicted octanol–water partition coefficient (Wildman–Crippen LogP) is 2.62. The first kappa shape index (κ1) is 12.7. The summed E-state index contributed by atoms with van der Waals surface area (Å²) in [4.78, 5) is 11.3. The molecule has 0 aromatic heterocycles. The zero-order valence-electron chi connectivity index (χ0n) is 10.6. The molecule has 0 unspecified atom stereocenters. The minimum absolute atomic E-state index is 0.385. The molecule has 98 valence electrons. The van der Waals surface area contributed by atoms with Gasteiger partial charge in [0.1, 0.15) is 5.75 Å². The van der Waals surface area contributed by atoms with Crippen molar-refractivity contribution in [3.05, 3.63) is 23.8 Å². The van der Waals surface area contributed by atoms with Gasteiger partial charge in [0.15, 0.2) is 0 Å². The summed E-state index contributed by atoms with van der Waals surface area (Å²) in [6.07, 6.45) is 5.07. The smallest absolute Gasteiger partial charge is 0.337 e. The zero-order valence-corrected chi connectivity index (χ0v) is 10.6. The molecule has 4 heteroatoms. The Morgan fingerprint density at radius 1 is 1.39 bits per heavy atom. The molecule has 1 aliphatic carbocycles. The van der Waals surface area contributed by atoms with Crippen LogP contribution in [0, 0.1) is 5.92 Å². The Labute approximate surface area is 107 Å². The Balaban J connectivity index is 1.98. The number of anilines is 1. The lowest BCUT2D eigenvalue weighted by molar-refractivity contribution is 0.0600. The molecule has 1 fully saturated rings. The van der Waals surface area contributed by atoms with Gasteiger partial charge < -0.3 is 15.2 Å². The maximum Gasteiger partial charge on any atom is 0.337 e. The van der Waals surface area contributed by atoms with E-state index in [4.69, 9.17) is 10.5 Å². The molecule has 0 saturated heterocycles. The van der Waals surface area contributed by atoms with Gasteiger partial charge in [0.25, 0.3) is 0 Å². The van der Waals surface area contributed by atoms with Crippen LogP contribution in [0.25, 0.3) is 0 Å². The molecular formula is C14H19NO3. The minimum atomic E-state index is -0.385. The topological polar surface area (TPSA) is 61.5 Å². The summed E-state index contributed by atoms with van der Waals surface area (Å²) < 4.78 is 10.3. The predicted molar refractivity (Wildman–Crippen MR) is 69.6 cm³/mol. The van der Waals surface area contributed by atoms with E-state index in [9.17, 15) is 4.79 Å². The maximum absolute atomic E-state index is 11.3. The van der Waals surface area contributed by atoms with Gasteiger partial charge in [0.2, 0.25) is 0 Å². The Hall–Kier alpha value is -1.71. The fourth-order valence-corrected chi connectivity index (χ4v) is 2.31. The third-order valence-electron chi connectivity index (χ3n) is 3.38. The lowest BCUT2D eigenvalue weighted by atomic mass is 10.1. The van der Waals surface area contributed by atoms with Crippen LogP contribution in [-0.4, -0.2) is 19.7 Å². The number of carbonyl (C=O) groups excluding carboxylic acids is 1. The average Bonchev–Trinajstić information content (AvgIpc) is 2.89. The number of benzene rings is 1. The Bertz CT molecular complexity index is 425. The third kappa shape index (κ3) is 2.94. The monoisotopic (exact) mass is 249 g/mol. The number of carbonyl (C=O) groups is 1. The summed E-state index contributed by atoms with van der Waals surface area (Å²) in [5.41, 5.74) is 6.80. The molecule has 1 aromatic rings. The van der Waals surface area contributed by atoms with Gasteiger partial charge in [-0.15, -0.1) is 0 Å². The largest absolute Gasteiger partial charge is 0.491 e. The number of rotatable bonds is 4. The van der Waals surface area contributed by atoms with E-state index in [0.29, 0.717) is 29.5 Å². The van der Waals surface area contributed by atoms with Gasteiger partial charge in [-0.2, -0.15) is 0 Å². The van der Waals surface area contributed by atoms with Gasteiger partial charge in [-0.25, -0.2) is 4.79 Å². The second-order valence-corrected chi connectivity index (χ2v) is 4.71. The number of nitrogens with two attached hydrogens (primary N) is 1. The van der Waals surface area contributed by atoms with Crippen LogP contribution in [0.5, 0.6) is 5.75 Å². The molecule has 0 radical (unpaired) electrons. The molecule has 0 aliphatic heterocycles. The SMILES string of the molecule is COC(=O)c1ccc(OCC2CCCC2)c(N)c1. The lowest BCUT2D eigenvalue weighted by Crippen LogP contribution is -2.10. The molecule has 1 saturated carbocycles. The Morgan fingerprint density at radius 2 is 2.11 bits per heavy atom. The molecular weight excluding hydrogens is 230 g/mol. The highest BCUT2D eigenvalue weighted by atomic mass is 16.5. The van der Waals surface area contributed by atoms with Crippen molar-refractivity contribution in [2.75, 3.05) is 19.5 Å². The highest BCUT2D eigenvalue weighted by Gasteiger charge is 2.16. The van der Waals surface area contributed by atoms with Crippen molar-refractivity contribution in [1.82, 2.24) is 0 Å². The number of esters is 1. The molecule has 0 spiro atoms. The molecule has 2 rings (SSSR count). The normalized spacial score (nSPS) is 15.6. The number of methoxy groups -OCH3 is 1. The van der Waals surface area contributed by atoms with E-state index in [1.807, 2.05) is 0 Å². The highest BCUT2D eigenvalue weighted by molar-refractivity contribution is 5.90. The van der Waals surface area contributed by atoms with E-state index in [2.05, 4.69) is 4.74 Å². The van der Waals surface area contributed by atoms with Crippen molar-refractivity contribution in [2.45, 2.75) is 25.7 Å². The summed E-state index contributed by atoms with van der Waals surface area (Å²) in [6, 6.07) is 5.00. The molecule has 0 atom stereocenters. The summed E-state index contributed by atoms with van der Waals surface area (Å²) in [5.74, 6) is 0.906. The van der Waals surface area contributed by atoms with Crippen LogP contribution in [0.4, 0.5) is 5.69 Å². The molecule has 0 heterocycles. The van der Waals surface area contributed by atoms with Crippen LogP contribution in [0.15, 0.2) is 18.2 Å². The first-order chi connectivity index (χ1) is 8.70. The molecule has 18 heavy (non-hydrogen) atoms. The summed E-state index contributed by atoms with van der Waals surface area (Å²) in [7, 11) is 1.35. The maximum atomic E-state index is 11.3. The second-order valence-electron chi connectivity index (χ2n) is 4.71. The van der Waals surface area contributed by atoms with Crippen LogP contribution >= 0.6 is 0 Å². The van der Waals surface area contributed by atoms with Crippen molar-refractivity contribution in [3.63, 3.8) is 0 Å². The van der Waals surface area contributed by atoms with Crippen LogP contribution in [0.3, 0.4) is 0 Å². The van der Waals surface area contributed by atoms with E-state index in [1.165, 1.54) is 32.8 Å². The summed E-state index contributed by atoms with van der Waals surface area (Å²) in [5, 5.41) is 0. The second kappa shape index (κ2) is 5.76. The summed E-state index contributed by atoms with van der Waals surface area (Å²) in [6.45, 7) is 0.710. The number of hydrogen-bond donors (Lipinski definition) is 1. The van der Waals surface area contributed by atoms with E-state index >= 15 is 0 Å². The van der Waals surface area contributed by atoms with Gasteiger partial charge in [0.05, 0.1) is 25.0 Å². The number of ether oxygens (including phenoxy) is 2. The standard InChI is InChI=1S/C14H19NO3/c1-17-14(16)11-6-7-13(12(15)8-11)18-9-10-4-2-3-5-10/h6-8,10H,2-5,9,15H2,1H3. The molecule has 0 amide bonds. The molecule has 1 aromatic carbocycles. The fourth-order valence-electron chi connectivity index (χ4n) is 2.31. The van der Waals surface area contributed by atoms with E-state index in [1.54, 1.807) is 18.2 Å². The van der Waals surface area contributed by atoms with Gasteiger partial charge >= 0.3 is 5.97 Å². The quantitative estimate of drug-likeness (QED) is 0.658. The third-order valence-corrected chi connectivity index (χ3v) is 3.38. The first-order valence-electron chi connectivity index (χ1n) is 6.31. The Kier molecular flexibility index (Phi) is 4.07. The fraction of sp³-hybridized carbons (Fsp3) is 0.500. The van der Waals surface area contributed by atoms with Gasteiger partial charge in [-0.3, -0.25) is 0 Å². The highest BCUT2D eigenvalue weighted by Crippen LogP contribution is 2.28. The van der Waals surface area contributed by atoms with Crippen molar-refractivity contribution in [3.8, 4) is 5.75 Å². The van der Waals surface area contributed by atoms with Crippen molar-refractivity contribution < 1.29 is 14.3 Å². The summed E-state index contributed by atoms with van der Waals surface area (Å²) >= 11 is 0. The van der Waals surface area contributed by atoms with Crippen molar-refractivity contribution in [2.24, 2.45) is 5.92 Å². The molecule has 4 nitrogen and oxygen atoms in total. The Morgan fingerprint density at radius 3 is 2.72 bits per heavy atom. The van der Waals surface area contributed by atoms with E-state index in [-0.39, 0.29) is 5.97 Å². The van der Waals surface area contributed by atoms with Crippen LogP contribution < -0.4 is 10.5 Å². The van der Waals surface area contributed by atoms with E-state index in [0.717, 1.165) is 0 Å². The van der Waals surface area contributed by atoms with Gasteiger partial charge in [0, 0.05) is 0 Å². The van der Waals surface area contributed by atoms with Crippen molar-refractivity contribution in [1.29, 1.82) is 0 Å². The first-order valence-corrected chi connectivity index (χ1v) is 6.31.